The van der Waals surface area contributed by atoms with Crippen LogP contribution in [-0.2, 0) is 17.8 Å². The highest BCUT2D eigenvalue weighted by Gasteiger charge is 2.23. The van der Waals surface area contributed by atoms with Crippen LogP contribution in [0.5, 0.6) is 0 Å². The van der Waals surface area contributed by atoms with Crippen molar-refractivity contribution in [3.63, 3.8) is 0 Å². The van der Waals surface area contributed by atoms with Gasteiger partial charge in [-0.15, -0.1) is 10.2 Å². The minimum Gasteiger partial charge on any atom is -0.480 e. The molecule has 0 spiro atoms. The molecule has 1 atom stereocenters. The predicted octanol–water partition coefficient (Wildman–Crippen LogP) is 3.89. The number of benzene rings is 2. The van der Waals surface area contributed by atoms with E-state index < -0.39 is 12.0 Å². The highest BCUT2D eigenvalue weighted by molar-refractivity contribution is 7.14. The number of carboxylic acid groups (broad SMARTS) is 1. The Morgan fingerprint density at radius 1 is 1.09 bits per heavy atom. The number of aromatic amines is 1. The number of H-pyrrole nitrogens is 1. The Balaban J connectivity index is 1.41. The molecule has 1 amide bonds. The molecule has 2 aromatic carbocycles. The van der Waals surface area contributed by atoms with Gasteiger partial charge >= 0.3 is 5.97 Å². The quantitative estimate of drug-likeness (QED) is 0.280. The standard InChI is InChI=1S/C25H26N6O3S/c1-14-10-15(2)21(16(3)11-14)22(32)29-19(24(33)34)12-17-4-6-18(7-5-17)23-31-30-20(35-23)13-28-25-26-8-9-27-25/h4-11,19H,12-13H2,1-3H3,(H,29,32)(H,33,34)(H2,26,27,28). The van der Waals surface area contributed by atoms with Gasteiger partial charge in [0.1, 0.15) is 16.1 Å². The van der Waals surface area contributed by atoms with Crippen LogP contribution in [0, 0.1) is 20.8 Å². The Morgan fingerprint density at radius 2 is 1.80 bits per heavy atom. The number of nitrogens with one attached hydrogen (secondary N) is 3. The van der Waals surface area contributed by atoms with Crippen LogP contribution >= 0.6 is 11.3 Å². The summed E-state index contributed by atoms with van der Waals surface area (Å²) in [5.41, 5.74) is 4.91. The fraction of sp³-hybridized carbons (Fsp3) is 0.240. The Kier molecular flexibility index (Phi) is 7.21. The average Bonchev–Trinajstić information content (AvgIpc) is 3.49. The van der Waals surface area contributed by atoms with E-state index in [1.807, 2.05) is 57.2 Å². The summed E-state index contributed by atoms with van der Waals surface area (Å²) in [4.78, 5) is 31.8. The van der Waals surface area contributed by atoms with Gasteiger partial charge in [-0.2, -0.15) is 0 Å². The molecule has 0 aliphatic heterocycles. The van der Waals surface area contributed by atoms with Gasteiger partial charge in [0.2, 0.25) is 0 Å². The molecule has 9 nitrogen and oxygen atoms in total. The summed E-state index contributed by atoms with van der Waals surface area (Å²) in [7, 11) is 0. The van der Waals surface area contributed by atoms with E-state index in [0.717, 1.165) is 37.8 Å². The second kappa shape index (κ2) is 10.5. The number of amides is 1. The SMILES string of the molecule is Cc1cc(C)c(C(=O)NC(Cc2ccc(-c3nnc(CNc4ncc[nH]4)s3)cc2)C(=O)O)c(C)c1. The molecule has 0 aliphatic rings. The first-order valence-electron chi connectivity index (χ1n) is 11.1. The van der Waals surface area contributed by atoms with Gasteiger partial charge in [-0.25, -0.2) is 9.78 Å². The Morgan fingerprint density at radius 3 is 2.43 bits per heavy atom. The molecule has 2 heterocycles. The number of anilines is 1. The number of imidazole rings is 1. The van der Waals surface area contributed by atoms with Gasteiger partial charge in [-0.05, 0) is 37.5 Å². The van der Waals surface area contributed by atoms with Crippen molar-refractivity contribution < 1.29 is 14.7 Å². The molecule has 4 N–H and O–H groups in total. The molecule has 35 heavy (non-hydrogen) atoms. The van der Waals surface area contributed by atoms with E-state index in [0.29, 0.717) is 18.1 Å². The Hall–Kier alpha value is -4.05. The molecular formula is C25H26N6O3S. The summed E-state index contributed by atoms with van der Waals surface area (Å²) in [5.74, 6) is -0.796. The van der Waals surface area contributed by atoms with E-state index in [4.69, 9.17) is 0 Å². The number of aryl methyl sites for hydroxylation is 3. The van der Waals surface area contributed by atoms with Gasteiger partial charge in [-0.3, -0.25) is 4.79 Å². The maximum absolute atomic E-state index is 12.9. The van der Waals surface area contributed by atoms with Crippen molar-refractivity contribution in [1.29, 1.82) is 0 Å². The van der Waals surface area contributed by atoms with Crippen LogP contribution in [0.25, 0.3) is 10.6 Å². The van der Waals surface area contributed by atoms with Crippen LogP contribution in [0.2, 0.25) is 0 Å². The van der Waals surface area contributed by atoms with Gasteiger partial charge < -0.3 is 20.7 Å². The van der Waals surface area contributed by atoms with Crippen molar-refractivity contribution in [1.82, 2.24) is 25.5 Å². The summed E-state index contributed by atoms with van der Waals surface area (Å²) < 4.78 is 0. The van der Waals surface area contributed by atoms with E-state index >= 15 is 0 Å². The number of aromatic nitrogens is 4. The second-order valence-corrected chi connectivity index (χ2v) is 9.39. The molecule has 0 saturated heterocycles. The van der Waals surface area contributed by atoms with E-state index in [-0.39, 0.29) is 12.3 Å². The third-order valence-electron chi connectivity index (χ3n) is 5.52. The van der Waals surface area contributed by atoms with Crippen LogP contribution in [-0.4, -0.2) is 43.2 Å². The lowest BCUT2D eigenvalue weighted by Crippen LogP contribution is -2.42. The zero-order valence-corrected chi connectivity index (χ0v) is 20.4. The van der Waals surface area contributed by atoms with Crippen molar-refractivity contribution in [2.45, 2.75) is 39.8 Å². The zero-order valence-electron chi connectivity index (χ0n) is 19.6. The average molecular weight is 491 g/mol. The minimum atomic E-state index is -1.08. The Bertz CT molecular complexity index is 1310. The number of aliphatic carboxylic acids is 1. The molecule has 4 aromatic rings. The van der Waals surface area contributed by atoms with Gasteiger partial charge in [-0.1, -0.05) is 53.3 Å². The molecule has 0 bridgehead atoms. The lowest BCUT2D eigenvalue weighted by atomic mass is 9.98. The Labute approximate surface area is 206 Å². The molecule has 0 aliphatic carbocycles. The molecule has 10 heteroatoms. The predicted molar refractivity (Wildman–Crippen MR) is 135 cm³/mol. The lowest BCUT2D eigenvalue weighted by molar-refractivity contribution is -0.139. The van der Waals surface area contributed by atoms with E-state index in [2.05, 4.69) is 30.8 Å². The van der Waals surface area contributed by atoms with Crippen molar-refractivity contribution in [3.05, 3.63) is 81.6 Å². The molecular weight excluding hydrogens is 464 g/mol. The smallest absolute Gasteiger partial charge is 0.326 e. The van der Waals surface area contributed by atoms with Crippen molar-refractivity contribution in [2.75, 3.05) is 5.32 Å². The van der Waals surface area contributed by atoms with Crippen LogP contribution in [0.3, 0.4) is 0 Å². The van der Waals surface area contributed by atoms with Crippen molar-refractivity contribution >= 4 is 29.2 Å². The normalized spacial score (nSPS) is 11.7. The number of hydrogen-bond donors (Lipinski definition) is 4. The van der Waals surface area contributed by atoms with Crippen molar-refractivity contribution in [2.24, 2.45) is 0 Å². The number of carbonyl (C=O) groups excluding carboxylic acids is 1. The van der Waals surface area contributed by atoms with Gasteiger partial charge in [0.25, 0.3) is 5.91 Å². The van der Waals surface area contributed by atoms with Crippen LogP contribution in [0.15, 0.2) is 48.8 Å². The first-order valence-corrected chi connectivity index (χ1v) is 11.9. The first kappa shape index (κ1) is 24.1. The molecule has 4 rings (SSSR count). The second-order valence-electron chi connectivity index (χ2n) is 8.33. The van der Waals surface area contributed by atoms with Gasteiger partial charge in [0.05, 0.1) is 6.54 Å². The third kappa shape index (κ3) is 5.90. The summed E-state index contributed by atoms with van der Waals surface area (Å²) in [5, 5.41) is 25.6. The molecule has 0 fully saturated rings. The summed E-state index contributed by atoms with van der Waals surface area (Å²) in [6, 6.07) is 10.3. The maximum Gasteiger partial charge on any atom is 0.326 e. The largest absolute Gasteiger partial charge is 0.480 e. The number of nitrogens with zero attached hydrogens (tertiary/aromatic N) is 3. The van der Waals surface area contributed by atoms with Crippen LogP contribution in [0.1, 0.15) is 37.6 Å². The molecule has 180 valence electrons. The summed E-state index contributed by atoms with van der Waals surface area (Å²) in [6.07, 6.45) is 3.57. The summed E-state index contributed by atoms with van der Waals surface area (Å²) in [6.45, 7) is 6.18. The number of carbonyl (C=O) groups is 2. The minimum absolute atomic E-state index is 0.166. The first-order chi connectivity index (χ1) is 16.8. The number of hydrogen-bond acceptors (Lipinski definition) is 7. The zero-order chi connectivity index (χ0) is 24.9. The van der Waals surface area contributed by atoms with Crippen LogP contribution in [0.4, 0.5) is 5.95 Å². The fourth-order valence-corrected chi connectivity index (χ4v) is 4.74. The monoisotopic (exact) mass is 490 g/mol. The summed E-state index contributed by atoms with van der Waals surface area (Å²) >= 11 is 1.46. The molecule has 1 unspecified atom stereocenters. The molecule has 0 radical (unpaired) electrons. The van der Waals surface area contributed by atoms with Gasteiger partial charge in [0, 0.05) is 29.9 Å². The fourth-order valence-electron chi connectivity index (χ4n) is 3.95. The van der Waals surface area contributed by atoms with E-state index in [1.165, 1.54) is 11.3 Å². The van der Waals surface area contributed by atoms with E-state index in [1.54, 1.807) is 12.4 Å². The molecule has 0 saturated carbocycles. The number of carboxylic acids is 1. The highest BCUT2D eigenvalue weighted by Crippen LogP contribution is 2.24. The highest BCUT2D eigenvalue weighted by atomic mass is 32.1. The third-order valence-corrected chi connectivity index (χ3v) is 6.49. The van der Waals surface area contributed by atoms with Crippen LogP contribution < -0.4 is 10.6 Å². The lowest BCUT2D eigenvalue weighted by Gasteiger charge is -2.17. The van der Waals surface area contributed by atoms with E-state index in [9.17, 15) is 14.7 Å². The molecule has 2 aromatic heterocycles. The van der Waals surface area contributed by atoms with Gasteiger partial charge in [0.15, 0.2) is 5.95 Å². The van der Waals surface area contributed by atoms with Crippen molar-refractivity contribution in [3.8, 4) is 10.6 Å². The maximum atomic E-state index is 12.9. The number of rotatable bonds is 9. The topological polar surface area (TPSA) is 133 Å².